The average Bonchev–Trinajstić information content (AvgIpc) is 3.54. The van der Waals surface area contributed by atoms with E-state index in [1.165, 1.54) is 36.0 Å². The number of aromatic nitrogens is 6. The zero-order chi connectivity index (χ0) is 30.9. The van der Waals surface area contributed by atoms with Crippen LogP contribution in [0.3, 0.4) is 0 Å². The molecule has 0 atom stereocenters. The highest BCUT2D eigenvalue weighted by atomic mass is 32.2. The van der Waals surface area contributed by atoms with Crippen LogP contribution in [0.15, 0.2) is 76.7 Å². The van der Waals surface area contributed by atoms with Crippen molar-refractivity contribution in [1.29, 1.82) is 0 Å². The SMILES string of the molecule is O=C(CCCCSc1nnc2c3cc(F)ccc3n(Cc3ccc(F)cc3)c2n1)N1CCC(n2c(=O)[nH]c3ccccc32)CC1. The van der Waals surface area contributed by atoms with Gasteiger partial charge in [-0.3, -0.25) is 9.36 Å². The number of carbonyl (C=O) groups is 1. The van der Waals surface area contributed by atoms with E-state index in [-0.39, 0.29) is 29.3 Å². The molecule has 1 amide bonds. The summed E-state index contributed by atoms with van der Waals surface area (Å²) in [6.07, 6.45) is 3.52. The van der Waals surface area contributed by atoms with E-state index in [2.05, 4.69) is 15.2 Å². The molecule has 1 aliphatic rings. The first-order valence-corrected chi connectivity index (χ1v) is 16.1. The number of hydrogen-bond donors (Lipinski definition) is 1. The van der Waals surface area contributed by atoms with Crippen molar-refractivity contribution >= 4 is 50.8 Å². The first-order chi connectivity index (χ1) is 21.9. The molecule has 45 heavy (non-hydrogen) atoms. The minimum absolute atomic E-state index is 0.0773. The summed E-state index contributed by atoms with van der Waals surface area (Å²) < 4.78 is 31.4. The van der Waals surface area contributed by atoms with Crippen molar-refractivity contribution in [2.45, 2.75) is 49.8 Å². The van der Waals surface area contributed by atoms with Gasteiger partial charge in [0, 0.05) is 43.2 Å². The number of likely N-dealkylation sites (tertiary alicyclic amines) is 1. The fourth-order valence-electron chi connectivity index (χ4n) is 6.22. The third kappa shape index (κ3) is 5.94. The van der Waals surface area contributed by atoms with Gasteiger partial charge < -0.3 is 14.5 Å². The monoisotopic (exact) mass is 627 g/mol. The Morgan fingerprint density at radius 2 is 1.71 bits per heavy atom. The van der Waals surface area contributed by atoms with Gasteiger partial charge in [-0.1, -0.05) is 36.0 Å². The summed E-state index contributed by atoms with van der Waals surface area (Å²) in [5.41, 5.74) is 4.41. The molecule has 0 aliphatic carbocycles. The molecule has 3 aromatic carbocycles. The van der Waals surface area contributed by atoms with E-state index < -0.39 is 0 Å². The molecule has 0 bridgehead atoms. The van der Waals surface area contributed by atoms with Crippen LogP contribution in [0, 0.1) is 11.6 Å². The highest BCUT2D eigenvalue weighted by Gasteiger charge is 2.26. The van der Waals surface area contributed by atoms with Crippen molar-refractivity contribution < 1.29 is 13.6 Å². The maximum Gasteiger partial charge on any atom is 0.326 e. The molecule has 6 aromatic rings. The number of benzene rings is 3. The van der Waals surface area contributed by atoms with Crippen LogP contribution < -0.4 is 5.69 Å². The molecule has 1 saturated heterocycles. The van der Waals surface area contributed by atoms with Gasteiger partial charge in [-0.15, -0.1) is 10.2 Å². The number of hydrogen-bond acceptors (Lipinski definition) is 6. The standard InChI is InChI=1S/C33H31F2N7O2S/c34-22-10-8-21(9-11-22)20-41-27-13-12-23(35)19-25(27)30-31(41)37-32(39-38-30)45-18-4-3-7-29(43)40-16-14-24(15-17-40)42-28-6-2-1-5-26(28)36-33(42)44/h1-2,5-6,8-13,19,24H,3-4,7,14-18,20H2,(H,36,44). The van der Waals surface area contributed by atoms with E-state index >= 15 is 0 Å². The van der Waals surface area contributed by atoms with Crippen molar-refractivity contribution in [3.8, 4) is 0 Å². The van der Waals surface area contributed by atoms with Crippen molar-refractivity contribution in [3.05, 3.63) is 94.4 Å². The van der Waals surface area contributed by atoms with Crippen LogP contribution in [-0.2, 0) is 11.3 Å². The number of rotatable bonds is 9. The van der Waals surface area contributed by atoms with Crippen LogP contribution in [-0.4, -0.2) is 58.9 Å². The van der Waals surface area contributed by atoms with Gasteiger partial charge in [0.05, 0.1) is 16.6 Å². The largest absolute Gasteiger partial charge is 0.343 e. The van der Waals surface area contributed by atoms with E-state index in [0.29, 0.717) is 47.8 Å². The Kier molecular flexibility index (Phi) is 8.05. The minimum Gasteiger partial charge on any atom is -0.343 e. The molecule has 230 valence electrons. The van der Waals surface area contributed by atoms with Gasteiger partial charge in [-0.2, -0.15) is 0 Å². The number of fused-ring (bicyclic) bond motifs is 4. The third-order valence-electron chi connectivity index (χ3n) is 8.49. The number of nitrogens with zero attached hydrogens (tertiary/aromatic N) is 6. The average molecular weight is 628 g/mol. The summed E-state index contributed by atoms with van der Waals surface area (Å²) in [5.74, 6) is 0.184. The Hall–Kier alpha value is -4.58. The molecule has 0 radical (unpaired) electrons. The van der Waals surface area contributed by atoms with Crippen LogP contribution in [0.25, 0.3) is 33.1 Å². The lowest BCUT2D eigenvalue weighted by atomic mass is 10.0. The summed E-state index contributed by atoms with van der Waals surface area (Å²) in [7, 11) is 0. The quantitative estimate of drug-likeness (QED) is 0.154. The van der Waals surface area contributed by atoms with Gasteiger partial charge in [-0.25, -0.2) is 18.6 Å². The lowest BCUT2D eigenvalue weighted by Gasteiger charge is -2.32. The molecule has 1 fully saturated rings. The summed E-state index contributed by atoms with van der Waals surface area (Å²) >= 11 is 1.47. The lowest BCUT2D eigenvalue weighted by molar-refractivity contribution is -0.132. The van der Waals surface area contributed by atoms with E-state index in [1.807, 2.05) is 38.3 Å². The van der Waals surface area contributed by atoms with Gasteiger partial charge in [0.2, 0.25) is 11.1 Å². The Labute approximate surface area is 261 Å². The lowest BCUT2D eigenvalue weighted by Crippen LogP contribution is -2.40. The zero-order valence-corrected chi connectivity index (χ0v) is 25.3. The number of unbranched alkanes of at least 4 members (excludes halogenated alkanes) is 1. The molecule has 3 aromatic heterocycles. The molecular formula is C33H31F2N7O2S. The van der Waals surface area contributed by atoms with Crippen LogP contribution in [0.1, 0.15) is 43.7 Å². The van der Waals surface area contributed by atoms with Crippen LogP contribution in [0.4, 0.5) is 8.78 Å². The van der Waals surface area contributed by atoms with Crippen LogP contribution in [0.2, 0.25) is 0 Å². The number of aromatic amines is 1. The molecule has 12 heteroatoms. The number of imidazole rings is 1. The van der Waals surface area contributed by atoms with Crippen molar-refractivity contribution in [3.63, 3.8) is 0 Å². The number of H-pyrrole nitrogens is 1. The fourth-order valence-corrected chi connectivity index (χ4v) is 7.00. The highest BCUT2D eigenvalue weighted by Crippen LogP contribution is 2.30. The summed E-state index contributed by atoms with van der Waals surface area (Å²) in [6, 6.07) is 18.6. The normalized spacial score (nSPS) is 14.2. The topological polar surface area (TPSA) is 102 Å². The number of para-hydroxylation sites is 2. The number of halogens is 2. The predicted octanol–water partition coefficient (Wildman–Crippen LogP) is 6.08. The van der Waals surface area contributed by atoms with Gasteiger partial charge in [-0.05, 0) is 73.7 Å². The second-order valence-electron chi connectivity index (χ2n) is 11.4. The molecule has 0 spiro atoms. The highest BCUT2D eigenvalue weighted by molar-refractivity contribution is 7.99. The van der Waals surface area contributed by atoms with Crippen molar-refractivity contribution in [2.75, 3.05) is 18.8 Å². The number of thioether (sulfide) groups is 1. The third-order valence-corrected chi connectivity index (χ3v) is 9.41. The van der Waals surface area contributed by atoms with E-state index in [4.69, 9.17) is 4.98 Å². The fraction of sp³-hybridized carbons (Fsp3) is 0.303. The van der Waals surface area contributed by atoms with E-state index in [0.717, 1.165) is 53.5 Å². The van der Waals surface area contributed by atoms with Gasteiger partial charge in [0.25, 0.3) is 0 Å². The Bertz CT molecular complexity index is 2060. The van der Waals surface area contributed by atoms with Crippen molar-refractivity contribution in [1.82, 2.24) is 34.2 Å². The Morgan fingerprint density at radius 3 is 2.53 bits per heavy atom. The maximum absolute atomic E-state index is 14.1. The summed E-state index contributed by atoms with van der Waals surface area (Å²) in [4.78, 5) is 35.1. The molecule has 4 heterocycles. The summed E-state index contributed by atoms with van der Waals surface area (Å²) in [5, 5.41) is 9.82. The zero-order valence-electron chi connectivity index (χ0n) is 24.5. The van der Waals surface area contributed by atoms with Gasteiger partial charge in [0.1, 0.15) is 17.2 Å². The molecule has 0 saturated carbocycles. The first kappa shape index (κ1) is 29.1. The second kappa shape index (κ2) is 12.4. The molecule has 1 N–H and O–H groups in total. The predicted molar refractivity (Wildman–Crippen MR) is 170 cm³/mol. The number of carbonyl (C=O) groups excluding carboxylic acids is 1. The second-order valence-corrected chi connectivity index (χ2v) is 12.4. The van der Waals surface area contributed by atoms with Crippen LogP contribution >= 0.6 is 11.8 Å². The van der Waals surface area contributed by atoms with E-state index in [9.17, 15) is 18.4 Å². The molecule has 0 unspecified atom stereocenters. The van der Waals surface area contributed by atoms with Gasteiger partial charge in [0.15, 0.2) is 5.65 Å². The number of amides is 1. The van der Waals surface area contributed by atoms with E-state index in [1.54, 1.807) is 18.2 Å². The Morgan fingerprint density at radius 1 is 0.933 bits per heavy atom. The summed E-state index contributed by atoms with van der Waals surface area (Å²) in [6.45, 7) is 1.70. The number of piperidine rings is 1. The van der Waals surface area contributed by atoms with Crippen molar-refractivity contribution in [2.24, 2.45) is 0 Å². The molecule has 7 rings (SSSR count). The Balaban J connectivity index is 0.944. The molecular weight excluding hydrogens is 596 g/mol. The molecule has 9 nitrogen and oxygen atoms in total. The van der Waals surface area contributed by atoms with Gasteiger partial charge >= 0.3 is 5.69 Å². The minimum atomic E-state index is -0.368. The first-order valence-electron chi connectivity index (χ1n) is 15.1. The smallest absolute Gasteiger partial charge is 0.326 e. The molecule has 1 aliphatic heterocycles. The number of nitrogens with one attached hydrogen (secondary N) is 1. The maximum atomic E-state index is 14.1. The van der Waals surface area contributed by atoms with Crippen LogP contribution in [0.5, 0.6) is 0 Å².